The van der Waals surface area contributed by atoms with E-state index in [1.54, 1.807) is 6.20 Å². The van der Waals surface area contributed by atoms with Gasteiger partial charge in [-0.25, -0.2) is 0 Å². The van der Waals surface area contributed by atoms with Crippen LogP contribution in [-0.4, -0.2) is 33.0 Å². The molecule has 0 aliphatic heterocycles. The second kappa shape index (κ2) is 13.1. The van der Waals surface area contributed by atoms with Crippen molar-refractivity contribution in [2.75, 3.05) is 0 Å². The molecule has 2 aromatic rings. The number of hydrogen-bond acceptors (Lipinski definition) is 3. The molecule has 154 valence electrons. The van der Waals surface area contributed by atoms with Gasteiger partial charge in [-0.1, -0.05) is 44.7 Å². The molecule has 0 saturated heterocycles. The van der Waals surface area contributed by atoms with Crippen LogP contribution in [0.3, 0.4) is 0 Å². The molecule has 0 radical (unpaired) electrons. The smallest absolute Gasteiger partial charge is 0.307 e. The van der Waals surface area contributed by atoms with Crippen molar-refractivity contribution in [1.82, 2.24) is 10.3 Å². The van der Waals surface area contributed by atoms with E-state index >= 15 is 0 Å². The summed E-state index contributed by atoms with van der Waals surface area (Å²) in [6.07, 6.45) is 3.06. The molecule has 0 aliphatic rings. The fourth-order valence-corrected chi connectivity index (χ4v) is 2.41. The Balaban J connectivity index is 0.000000910. The lowest BCUT2D eigenvalue weighted by atomic mass is 10.1. The molecule has 0 aliphatic carbocycles. The number of benzene rings is 1. The first-order chi connectivity index (χ1) is 12.8. The Hall–Kier alpha value is -3.09. The minimum atomic E-state index is -0.880. The molecule has 0 fully saturated rings. The molecule has 0 unspecified atom stereocenters. The van der Waals surface area contributed by atoms with Crippen LogP contribution in [0.2, 0.25) is 0 Å². The van der Waals surface area contributed by atoms with E-state index in [9.17, 15) is 14.4 Å². The van der Waals surface area contributed by atoms with Gasteiger partial charge in [0.05, 0.1) is 19.4 Å². The summed E-state index contributed by atoms with van der Waals surface area (Å²) in [5.41, 5.74) is 3.33. The van der Waals surface area contributed by atoms with Crippen LogP contribution in [0.1, 0.15) is 49.6 Å². The first kappa shape index (κ1) is 24.9. The Kier molecular flexibility index (Phi) is 11.7. The van der Waals surface area contributed by atoms with E-state index in [4.69, 9.17) is 10.2 Å². The van der Waals surface area contributed by atoms with Gasteiger partial charge in [-0.05, 0) is 30.0 Å². The van der Waals surface area contributed by atoms with Crippen LogP contribution in [0, 0.1) is 6.92 Å². The molecule has 4 N–H and O–H groups in total. The average Bonchev–Trinajstić information content (AvgIpc) is 2.94. The molecule has 1 amide bonds. The number of carbonyl (C=O) groups excluding carboxylic acids is 1. The number of aromatic nitrogens is 1. The molecule has 28 heavy (non-hydrogen) atoms. The Bertz CT molecular complexity index is 753. The highest BCUT2D eigenvalue weighted by atomic mass is 16.4. The predicted octanol–water partition coefficient (Wildman–Crippen LogP) is 3.32. The van der Waals surface area contributed by atoms with E-state index in [1.807, 2.05) is 44.2 Å². The lowest BCUT2D eigenvalue weighted by molar-refractivity contribution is -0.137. The molecule has 0 bridgehead atoms. The van der Waals surface area contributed by atoms with E-state index in [0.29, 0.717) is 19.4 Å². The van der Waals surface area contributed by atoms with Gasteiger partial charge in [0.15, 0.2) is 0 Å². The quantitative estimate of drug-likeness (QED) is 0.551. The van der Waals surface area contributed by atoms with E-state index < -0.39 is 11.9 Å². The summed E-state index contributed by atoms with van der Waals surface area (Å²) in [4.78, 5) is 35.4. The molecule has 0 spiro atoms. The number of carboxylic acids is 2. The van der Waals surface area contributed by atoms with Crippen LogP contribution >= 0.6 is 0 Å². The molecule has 0 saturated carbocycles. The van der Waals surface area contributed by atoms with Gasteiger partial charge >= 0.3 is 11.9 Å². The van der Waals surface area contributed by atoms with Crippen molar-refractivity contribution in [3.8, 4) is 0 Å². The maximum atomic E-state index is 11.9. The van der Waals surface area contributed by atoms with Gasteiger partial charge in [-0.3, -0.25) is 14.4 Å². The van der Waals surface area contributed by atoms with Crippen molar-refractivity contribution in [2.24, 2.45) is 0 Å². The van der Waals surface area contributed by atoms with Gasteiger partial charge in [0.1, 0.15) is 0 Å². The lowest BCUT2D eigenvalue weighted by Gasteiger charge is -2.07. The largest absolute Gasteiger partial charge is 0.481 e. The summed E-state index contributed by atoms with van der Waals surface area (Å²) in [7, 11) is 0. The normalized spacial score (nSPS) is 9.50. The van der Waals surface area contributed by atoms with Crippen LogP contribution in [0.25, 0.3) is 0 Å². The fraction of sp³-hybridized carbons (Fsp3) is 0.381. The number of aryl methyl sites for hydroxylation is 1. The van der Waals surface area contributed by atoms with E-state index in [1.165, 1.54) is 0 Å². The van der Waals surface area contributed by atoms with Crippen LogP contribution in [0.4, 0.5) is 0 Å². The van der Waals surface area contributed by atoms with Crippen LogP contribution in [-0.2, 0) is 33.8 Å². The van der Waals surface area contributed by atoms with Crippen molar-refractivity contribution in [1.29, 1.82) is 0 Å². The van der Waals surface area contributed by atoms with Crippen molar-refractivity contribution in [3.63, 3.8) is 0 Å². The zero-order chi connectivity index (χ0) is 20.2. The summed E-state index contributed by atoms with van der Waals surface area (Å²) in [6, 6.07) is 9.48. The Morgan fingerprint density at radius 1 is 1.04 bits per heavy atom. The van der Waals surface area contributed by atoms with Crippen molar-refractivity contribution in [2.45, 2.75) is 53.5 Å². The molecule has 7 nitrogen and oxygen atoms in total. The highest BCUT2D eigenvalue weighted by Crippen LogP contribution is 2.14. The minimum absolute atomic E-state index is 0. The summed E-state index contributed by atoms with van der Waals surface area (Å²) in [5.74, 6) is -1.68. The van der Waals surface area contributed by atoms with Crippen LogP contribution in [0.5, 0.6) is 0 Å². The Morgan fingerprint density at radius 3 is 2.18 bits per heavy atom. The molecule has 7 heteroatoms. The van der Waals surface area contributed by atoms with Gasteiger partial charge in [-0.2, -0.15) is 0 Å². The molecule has 1 aromatic heterocycles. The maximum Gasteiger partial charge on any atom is 0.307 e. The first-order valence-electron chi connectivity index (χ1n) is 8.73. The number of amides is 1. The number of rotatable bonds is 8. The van der Waals surface area contributed by atoms with Gasteiger partial charge in [0, 0.05) is 18.3 Å². The number of carbonyl (C=O) groups is 3. The predicted molar refractivity (Wildman–Crippen MR) is 108 cm³/mol. The monoisotopic (exact) mass is 390 g/mol. The summed E-state index contributed by atoms with van der Waals surface area (Å²) < 4.78 is 0. The van der Waals surface area contributed by atoms with Crippen molar-refractivity contribution in [3.05, 3.63) is 58.9 Å². The van der Waals surface area contributed by atoms with Gasteiger partial charge < -0.3 is 20.5 Å². The fourth-order valence-electron chi connectivity index (χ4n) is 2.41. The second-order valence-corrected chi connectivity index (χ2v) is 6.08. The standard InChI is InChI=1S/C16H18N2O3.C4H8O2.CH4/c1-11-9-17-14(13(11)8-16(20)21)10-18-15(19)7-12-5-3-2-4-6-12;1-2-3-4(5)6;/h2-6,9,17H,7-8,10H2,1H3,(H,18,19)(H,20,21);2-3H2,1H3,(H,5,6);1H4. The van der Waals surface area contributed by atoms with E-state index in [2.05, 4.69) is 10.3 Å². The molecular weight excluding hydrogens is 360 g/mol. The lowest BCUT2D eigenvalue weighted by Crippen LogP contribution is -2.25. The summed E-state index contributed by atoms with van der Waals surface area (Å²) in [5, 5.41) is 19.6. The minimum Gasteiger partial charge on any atom is -0.481 e. The molecular formula is C21H30N2O5. The SMILES string of the molecule is C.CCCC(=O)O.Cc1c[nH]c(CNC(=O)Cc2ccccc2)c1CC(=O)O. The highest BCUT2D eigenvalue weighted by molar-refractivity contribution is 5.78. The third kappa shape index (κ3) is 9.56. The molecule has 0 atom stereocenters. The van der Waals surface area contributed by atoms with Gasteiger partial charge in [-0.15, -0.1) is 0 Å². The van der Waals surface area contributed by atoms with Crippen LogP contribution in [0.15, 0.2) is 36.5 Å². The number of aromatic amines is 1. The van der Waals surface area contributed by atoms with Gasteiger partial charge in [0.2, 0.25) is 5.91 Å². The van der Waals surface area contributed by atoms with Crippen molar-refractivity contribution >= 4 is 17.8 Å². The van der Waals surface area contributed by atoms with E-state index in [-0.39, 0.29) is 19.8 Å². The second-order valence-electron chi connectivity index (χ2n) is 6.08. The Morgan fingerprint density at radius 2 is 1.68 bits per heavy atom. The number of H-pyrrole nitrogens is 1. The first-order valence-corrected chi connectivity index (χ1v) is 8.73. The third-order valence-corrected chi connectivity index (χ3v) is 3.76. The third-order valence-electron chi connectivity index (χ3n) is 3.76. The average molecular weight is 390 g/mol. The maximum absolute atomic E-state index is 11.9. The van der Waals surface area contributed by atoms with Crippen LogP contribution < -0.4 is 5.32 Å². The highest BCUT2D eigenvalue weighted by Gasteiger charge is 2.12. The Labute approximate surface area is 165 Å². The van der Waals surface area contributed by atoms with Crippen molar-refractivity contribution < 1.29 is 24.6 Å². The summed E-state index contributed by atoms with van der Waals surface area (Å²) in [6.45, 7) is 4.00. The zero-order valence-electron chi connectivity index (χ0n) is 15.6. The number of nitrogens with one attached hydrogen (secondary N) is 2. The number of hydrogen-bond donors (Lipinski definition) is 4. The molecule has 2 rings (SSSR count). The summed E-state index contributed by atoms with van der Waals surface area (Å²) >= 11 is 0. The zero-order valence-corrected chi connectivity index (χ0v) is 15.6. The number of carboxylic acid groups (broad SMARTS) is 2. The number of aliphatic carboxylic acids is 2. The molecule has 1 heterocycles. The topological polar surface area (TPSA) is 119 Å². The molecule has 1 aromatic carbocycles. The van der Waals surface area contributed by atoms with E-state index in [0.717, 1.165) is 28.8 Å². The van der Waals surface area contributed by atoms with Gasteiger partial charge in [0.25, 0.3) is 0 Å².